The van der Waals surface area contributed by atoms with Crippen molar-refractivity contribution in [2.75, 3.05) is 6.54 Å². The average Bonchev–Trinajstić information content (AvgIpc) is 2.46. The molecule has 0 amide bonds. The van der Waals surface area contributed by atoms with E-state index < -0.39 is 36.9 Å². The number of Topliss-reactive ketones (excluding diaryl/α,β-unsaturated/α-hetero) is 1. The molecule has 1 atom stereocenters. The normalized spacial score (nSPS) is 18.6. The Balaban J connectivity index is 2.15. The van der Waals surface area contributed by atoms with E-state index in [-0.39, 0.29) is 12.4 Å². The summed E-state index contributed by atoms with van der Waals surface area (Å²) in [7, 11) is 0. The number of carbonyl (C=O) groups excluding carboxylic acids is 1. The average molecular weight is 329 g/mol. The summed E-state index contributed by atoms with van der Waals surface area (Å²) in [5.74, 6) is -2.39. The monoisotopic (exact) mass is 329 g/mol. The minimum absolute atomic E-state index is 0.00993. The Morgan fingerprint density at radius 2 is 1.96 bits per heavy atom. The van der Waals surface area contributed by atoms with E-state index in [0.717, 1.165) is 11.8 Å². The maximum atomic E-state index is 12.6. The van der Waals surface area contributed by atoms with E-state index in [2.05, 4.69) is 0 Å². The van der Waals surface area contributed by atoms with Crippen molar-refractivity contribution in [3.63, 3.8) is 0 Å². The van der Waals surface area contributed by atoms with E-state index in [0.29, 0.717) is 4.90 Å². The van der Waals surface area contributed by atoms with Crippen LogP contribution in [0.25, 0.3) is 0 Å². The predicted molar refractivity (Wildman–Crippen MR) is 73.1 cm³/mol. The number of ketones is 1. The first-order valence-corrected chi connectivity index (χ1v) is 6.73. The van der Waals surface area contributed by atoms with Gasteiger partial charge in [-0.05, 0) is 5.56 Å². The molecule has 2 rings (SSSR count). The summed E-state index contributed by atoms with van der Waals surface area (Å²) in [6.07, 6.45) is -4.32. The van der Waals surface area contributed by atoms with Gasteiger partial charge < -0.3 is 14.7 Å². The fourth-order valence-electron chi connectivity index (χ4n) is 2.15. The number of carboxylic acid groups (broad SMARTS) is 1. The van der Waals surface area contributed by atoms with Crippen LogP contribution in [0.15, 0.2) is 42.3 Å². The van der Waals surface area contributed by atoms with Crippen LogP contribution in [0, 0.1) is 0 Å². The highest BCUT2D eigenvalue weighted by Crippen LogP contribution is 2.25. The number of hydrogen-bond acceptors (Lipinski definition) is 4. The van der Waals surface area contributed by atoms with Gasteiger partial charge in [0.05, 0.1) is 0 Å². The maximum absolute atomic E-state index is 12.6. The molecule has 124 valence electrons. The van der Waals surface area contributed by atoms with E-state index in [1.54, 1.807) is 30.3 Å². The molecular formula is C15H14F3NO4. The van der Waals surface area contributed by atoms with Gasteiger partial charge in [0.2, 0.25) is 5.78 Å². The second kappa shape index (κ2) is 6.72. The molecule has 1 aromatic rings. The fraction of sp³-hybridized carbons (Fsp3) is 0.333. The Morgan fingerprint density at radius 1 is 1.30 bits per heavy atom. The van der Waals surface area contributed by atoms with Gasteiger partial charge in [-0.15, -0.1) is 0 Å². The first kappa shape index (κ1) is 16.9. The molecule has 23 heavy (non-hydrogen) atoms. The van der Waals surface area contributed by atoms with Crippen LogP contribution >= 0.6 is 0 Å². The third-order valence-corrected chi connectivity index (χ3v) is 3.22. The van der Waals surface area contributed by atoms with Gasteiger partial charge in [0.15, 0.2) is 5.76 Å². The number of ether oxygens (including phenoxy) is 1. The van der Waals surface area contributed by atoms with Crippen molar-refractivity contribution in [1.82, 2.24) is 4.90 Å². The molecule has 0 aromatic heterocycles. The van der Waals surface area contributed by atoms with Gasteiger partial charge in [-0.2, -0.15) is 13.2 Å². The van der Waals surface area contributed by atoms with Crippen molar-refractivity contribution < 1.29 is 32.6 Å². The zero-order valence-electron chi connectivity index (χ0n) is 11.9. The lowest BCUT2D eigenvalue weighted by Crippen LogP contribution is -2.47. The van der Waals surface area contributed by atoms with Gasteiger partial charge in [-0.1, -0.05) is 30.3 Å². The highest BCUT2D eigenvalue weighted by Gasteiger charge is 2.39. The van der Waals surface area contributed by atoms with Gasteiger partial charge in [0, 0.05) is 12.6 Å². The number of allylic oxidation sites excluding steroid dienone is 1. The highest BCUT2D eigenvalue weighted by atomic mass is 19.4. The molecule has 0 fully saturated rings. The van der Waals surface area contributed by atoms with Crippen molar-refractivity contribution in [2.45, 2.75) is 25.2 Å². The first-order chi connectivity index (χ1) is 10.8. The number of alkyl halides is 3. The standard InChI is InChI=1S/C15H14F3NO4/c16-15(17,18)9-19-7-13(12(20)6-11(19)14(21)22)23-8-10-4-2-1-3-5-10/h1-5,7,11H,6,8-9H2,(H,21,22). The number of benzene rings is 1. The quantitative estimate of drug-likeness (QED) is 0.898. The van der Waals surface area contributed by atoms with E-state index in [1.165, 1.54) is 0 Å². The van der Waals surface area contributed by atoms with Crippen molar-refractivity contribution in [2.24, 2.45) is 0 Å². The number of aliphatic carboxylic acids is 1. The summed E-state index contributed by atoms with van der Waals surface area (Å²) in [5.41, 5.74) is 0.740. The first-order valence-electron chi connectivity index (χ1n) is 6.73. The van der Waals surface area contributed by atoms with Gasteiger partial charge in [0.25, 0.3) is 0 Å². The summed E-state index contributed by atoms with van der Waals surface area (Å²) in [6.45, 7) is -1.45. The fourth-order valence-corrected chi connectivity index (χ4v) is 2.15. The highest BCUT2D eigenvalue weighted by molar-refractivity contribution is 5.97. The number of rotatable bonds is 5. The zero-order valence-corrected chi connectivity index (χ0v) is 11.9. The van der Waals surface area contributed by atoms with Crippen LogP contribution in [0.2, 0.25) is 0 Å². The molecule has 1 heterocycles. The molecule has 0 saturated heterocycles. The van der Waals surface area contributed by atoms with Crippen LogP contribution in [0.1, 0.15) is 12.0 Å². The molecule has 0 aliphatic carbocycles. The molecule has 8 heteroatoms. The summed E-state index contributed by atoms with van der Waals surface area (Å²) < 4.78 is 43.0. The SMILES string of the molecule is O=C1CC(C(=O)O)N(CC(F)(F)F)C=C1OCc1ccccc1. The lowest BCUT2D eigenvalue weighted by molar-refractivity contribution is -0.160. The molecule has 1 unspecified atom stereocenters. The van der Waals surface area contributed by atoms with Gasteiger partial charge in [0.1, 0.15) is 19.2 Å². The second-order valence-electron chi connectivity index (χ2n) is 5.04. The van der Waals surface area contributed by atoms with Crippen LogP contribution in [0.4, 0.5) is 13.2 Å². The molecule has 0 bridgehead atoms. The lowest BCUT2D eigenvalue weighted by Gasteiger charge is -2.32. The van der Waals surface area contributed by atoms with Crippen molar-refractivity contribution in [3.8, 4) is 0 Å². The van der Waals surface area contributed by atoms with Crippen molar-refractivity contribution >= 4 is 11.8 Å². The molecule has 5 nitrogen and oxygen atoms in total. The zero-order chi connectivity index (χ0) is 17.0. The minimum atomic E-state index is -4.59. The van der Waals surface area contributed by atoms with Gasteiger partial charge in [-0.25, -0.2) is 4.79 Å². The number of carboxylic acids is 1. The van der Waals surface area contributed by atoms with Gasteiger partial charge in [-0.3, -0.25) is 4.79 Å². The smallest absolute Gasteiger partial charge is 0.405 e. The Kier molecular flexibility index (Phi) is 4.92. The largest absolute Gasteiger partial charge is 0.484 e. The molecule has 1 aliphatic heterocycles. The summed E-state index contributed by atoms with van der Waals surface area (Å²) in [5, 5.41) is 8.99. The third-order valence-electron chi connectivity index (χ3n) is 3.22. The number of nitrogens with zero attached hydrogens (tertiary/aromatic N) is 1. The number of halogens is 3. The van der Waals surface area contributed by atoms with E-state index in [9.17, 15) is 22.8 Å². The maximum Gasteiger partial charge on any atom is 0.405 e. The Bertz CT molecular complexity index is 613. The molecule has 1 aliphatic rings. The van der Waals surface area contributed by atoms with Crippen LogP contribution in [0.5, 0.6) is 0 Å². The van der Waals surface area contributed by atoms with E-state index in [1.807, 2.05) is 0 Å². The molecule has 1 N–H and O–H groups in total. The van der Waals surface area contributed by atoms with Crippen LogP contribution < -0.4 is 0 Å². The van der Waals surface area contributed by atoms with Gasteiger partial charge >= 0.3 is 12.1 Å². The van der Waals surface area contributed by atoms with Crippen molar-refractivity contribution in [1.29, 1.82) is 0 Å². The molecule has 0 saturated carbocycles. The Labute approximate surface area is 130 Å². The van der Waals surface area contributed by atoms with Crippen LogP contribution in [-0.2, 0) is 20.9 Å². The van der Waals surface area contributed by atoms with Crippen LogP contribution in [-0.4, -0.2) is 40.5 Å². The van der Waals surface area contributed by atoms with Crippen molar-refractivity contribution in [3.05, 3.63) is 47.9 Å². The lowest BCUT2D eigenvalue weighted by atomic mass is 10.0. The third kappa shape index (κ3) is 4.73. The molecule has 0 spiro atoms. The topological polar surface area (TPSA) is 66.8 Å². The number of carbonyl (C=O) groups is 2. The van der Waals surface area contributed by atoms with Crippen LogP contribution in [0.3, 0.4) is 0 Å². The minimum Gasteiger partial charge on any atom is -0.484 e. The van der Waals surface area contributed by atoms with E-state index >= 15 is 0 Å². The van der Waals surface area contributed by atoms with E-state index in [4.69, 9.17) is 9.84 Å². The molecular weight excluding hydrogens is 315 g/mol. The Morgan fingerprint density at radius 3 is 2.52 bits per heavy atom. The molecule has 0 radical (unpaired) electrons. The molecule has 1 aromatic carbocycles. The number of hydrogen-bond donors (Lipinski definition) is 1. The Hall–Kier alpha value is -2.51. The summed E-state index contributed by atoms with van der Waals surface area (Å²) >= 11 is 0. The summed E-state index contributed by atoms with van der Waals surface area (Å²) in [6, 6.07) is 7.23. The second-order valence-corrected chi connectivity index (χ2v) is 5.04. The predicted octanol–water partition coefficient (Wildman–Crippen LogP) is 2.33. The summed E-state index contributed by atoms with van der Waals surface area (Å²) in [4.78, 5) is 23.5.